The molecule has 1 heterocycles. The SMILES string of the molecule is C=CCc1cc(/C=C2\C(=O)NC(=O)N(c3ccc(Br)cc3)C2=O)cc(OC)c1COc1ccc(Cl)cc1. The molecule has 3 aromatic rings. The lowest BCUT2D eigenvalue weighted by atomic mass is 9.98. The van der Waals surface area contributed by atoms with Crippen molar-refractivity contribution in [1.82, 2.24) is 5.32 Å². The van der Waals surface area contributed by atoms with Crippen LogP contribution in [-0.4, -0.2) is 25.0 Å². The van der Waals surface area contributed by atoms with Crippen LogP contribution in [0.3, 0.4) is 0 Å². The predicted molar refractivity (Wildman–Crippen MR) is 146 cm³/mol. The molecule has 4 amide bonds. The van der Waals surface area contributed by atoms with Gasteiger partial charge in [0, 0.05) is 15.1 Å². The largest absolute Gasteiger partial charge is 0.496 e. The number of anilines is 1. The van der Waals surface area contributed by atoms with Crippen LogP contribution < -0.4 is 19.7 Å². The molecule has 9 heteroatoms. The maximum Gasteiger partial charge on any atom is 0.335 e. The molecule has 7 nitrogen and oxygen atoms in total. The van der Waals surface area contributed by atoms with Crippen LogP contribution in [0.5, 0.6) is 11.5 Å². The van der Waals surface area contributed by atoms with Crippen LogP contribution in [0, 0.1) is 0 Å². The van der Waals surface area contributed by atoms with E-state index in [-0.39, 0.29) is 12.2 Å². The van der Waals surface area contributed by atoms with Crippen molar-refractivity contribution in [3.63, 3.8) is 0 Å². The van der Waals surface area contributed by atoms with Gasteiger partial charge in [-0.05, 0) is 78.2 Å². The predicted octanol–water partition coefficient (Wildman–Crippen LogP) is 6.09. The Morgan fingerprint density at radius 1 is 1.05 bits per heavy atom. The molecule has 0 bridgehead atoms. The van der Waals surface area contributed by atoms with E-state index in [1.54, 1.807) is 60.7 Å². The number of halogens is 2. The van der Waals surface area contributed by atoms with Gasteiger partial charge in [0.15, 0.2) is 0 Å². The van der Waals surface area contributed by atoms with E-state index in [4.69, 9.17) is 21.1 Å². The Morgan fingerprint density at radius 2 is 1.76 bits per heavy atom. The van der Waals surface area contributed by atoms with Gasteiger partial charge in [0.05, 0.1) is 12.8 Å². The summed E-state index contributed by atoms with van der Waals surface area (Å²) >= 11 is 9.28. The second-order valence-corrected chi connectivity index (χ2v) is 9.38. The Balaban J connectivity index is 1.69. The van der Waals surface area contributed by atoms with Crippen molar-refractivity contribution < 1.29 is 23.9 Å². The van der Waals surface area contributed by atoms with Gasteiger partial charge in [-0.2, -0.15) is 0 Å². The first-order chi connectivity index (χ1) is 17.8. The number of hydrogen-bond donors (Lipinski definition) is 1. The number of amides is 4. The summed E-state index contributed by atoms with van der Waals surface area (Å²) in [7, 11) is 1.53. The molecule has 1 N–H and O–H groups in total. The number of carbonyl (C=O) groups is 3. The number of imide groups is 2. The van der Waals surface area contributed by atoms with Crippen LogP contribution in [0.15, 0.2) is 83.4 Å². The van der Waals surface area contributed by atoms with Crippen LogP contribution in [-0.2, 0) is 22.6 Å². The zero-order valence-corrected chi connectivity index (χ0v) is 22.1. The maximum absolute atomic E-state index is 13.2. The minimum atomic E-state index is -0.811. The topological polar surface area (TPSA) is 84.9 Å². The number of nitrogens with one attached hydrogen (secondary N) is 1. The number of barbiturate groups is 1. The summed E-state index contributed by atoms with van der Waals surface area (Å²) in [5.74, 6) is -0.341. The van der Waals surface area contributed by atoms with Crippen LogP contribution >= 0.6 is 27.5 Å². The Kier molecular flexibility index (Phi) is 8.11. The number of nitrogens with zero attached hydrogens (tertiary/aromatic N) is 1. The van der Waals surface area contributed by atoms with Crippen molar-refractivity contribution in [3.8, 4) is 11.5 Å². The van der Waals surface area contributed by atoms with Gasteiger partial charge < -0.3 is 9.47 Å². The second-order valence-electron chi connectivity index (χ2n) is 8.03. The van der Waals surface area contributed by atoms with E-state index in [0.717, 1.165) is 20.5 Å². The van der Waals surface area contributed by atoms with E-state index in [1.807, 2.05) is 6.07 Å². The molecular formula is C28H22BrClN2O5. The Labute approximate surface area is 227 Å². The summed E-state index contributed by atoms with van der Waals surface area (Å²) < 4.78 is 12.3. The molecule has 1 aliphatic rings. The summed E-state index contributed by atoms with van der Waals surface area (Å²) in [6.45, 7) is 4.05. The van der Waals surface area contributed by atoms with Gasteiger partial charge in [-0.1, -0.05) is 39.7 Å². The molecular weight excluding hydrogens is 560 g/mol. The van der Waals surface area contributed by atoms with Gasteiger partial charge >= 0.3 is 6.03 Å². The maximum atomic E-state index is 13.2. The summed E-state index contributed by atoms with van der Waals surface area (Å²) in [4.78, 5) is 39.3. The number of urea groups is 1. The fourth-order valence-corrected chi connectivity index (χ4v) is 4.22. The van der Waals surface area contributed by atoms with Gasteiger partial charge in [0.1, 0.15) is 23.7 Å². The lowest BCUT2D eigenvalue weighted by Crippen LogP contribution is -2.54. The van der Waals surface area contributed by atoms with Crippen LogP contribution in [0.25, 0.3) is 6.08 Å². The molecule has 1 fully saturated rings. The van der Waals surface area contributed by atoms with E-state index < -0.39 is 17.8 Å². The Hall–Kier alpha value is -3.88. The number of ether oxygens (including phenoxy) is 2. The fourth-order valence-electron chi connectivity index (χ4n) is 3.83. The highest BCUT2D eigenvalue weighted by molar-refractivity contribution is 9.10. The minimum absolute atomic E-state index is 0.181. The van der Waals surface area contributed by atoms with Gasteiger partial charge in [-0.3, -0.25) is 14.9 Å². The molecule has 3 aromatic carbocycles. The summed E-state index contributed by atoms with van der Waals surface area (Å²) in [6, 6.07) is 16.4. The second kappa shape index (κ2) is 11.5. The number of hydrogen-bond acceptors (Lipinski definition) is 5. The van der Waals surface area contributed by atoms with Crippen molar-refractivity contribution >= 4 is 57.1 Å². The number of benzene rings is 3. The summed E-state index contributed by atoms with van der Waals surface area (Å²) in [6.07, 6.45) is 3.68. The highest BCUT2D eigenvalue weighted by atomic mass is 79.9. The normalized spacial score (nSPS) is 14.5. The van der Waals surface area contributed by atoms with Crippen LogP contribution in [0.1, 0.15) is 16.7 Å². The zero-order chi connectivity index (χ0) is 26.5. The highest BCUT2D eigenvalue weighted by Gasteiger charge is 2.36. The van der Waals surface area contributed by atoms with Gasteiger partial charge in [-0.15, -0.1) is 6.58 Å². The van der Waals surface area contributed by atoms with Gasteiger partial charge in [0.2, 0.25) is 0 Å². The Bertz CT molecular complexity index is 1400. The quantitative estimate of drug-likeness (QED) is 0.198. The number of methoxy groups -OCH3 is 1. The van der Waals surface area contributed by atoms with E-state index in [1.165, 1.54) is 13.2 Å². The van der Waals surface area contributed by atoms with Gasteiger partial charge in [0.25, 0.3) is 11.8 Å². The molecule has 188 valence electrons. The first-order valence-corrected chi connectivity index (χ1v) is 12.3. The van der Waals surface area contributed by atoms with Crippen molar-refractivity contribution in [2.45, 2.75) is 13.0 Å². The third-order valence-corrected chi connectivity index (χ3v) is 6.38. The standard InChI is InChI=1S/C28H22BrClN2O5/c1-3-4-18-13-17(15-25(36-2)24(18)16-37-22-11-7-20(30)8-12-22)14-23-26(33)31-28(35)32(27(23)34)21-9-5-19(29)6-10-21/h3,5-15H,1,4,16H2,2H3,(H,31,33,35)/b23-14+. The van der Waals surface area contributed by atoms with E-state index in [9.17, 15) is 14.4 Å². The number of allylic oxidation sites excluding steroid dienone is 1. The average Bonchev–Trinajstić information content (AvgIpc) is 2.88. The molecule has 0 unspecified atom stereocenters. The van der Waals surface area contributed by atoms with Gasteiger partial charge in [-0.25, -0.2) is 9.69 Å². The first kappa shape index (κ1) is 26.2. The van der Waals surface area contributed by atoms with Crippen molar-refractivity contribution in [3.05, 3.63) is 105 Å². The summed E-state index contributed by atoms with van der Waals surface area (Å²) in [5, 5.41) is 2.84. The van der Waals surface area contributed by atoms with Crippen molar-refractivity contribution in [2.75, 3.05) is 12.0 Å². The molecule has 37 heavy (non-hydrogen) atoms. The molecule has 0 aromatic heterocycles. The lowest BCUT2D eigenvalue weighted by molar-refractivity contribution is -0.122. The third kappa shape index (κ3) is 5.93. The van der Waals surface area contributed by atoms with E-state index in [2.05, 4.69) is 27.8 Å². The first-order valence-electron chi connectivity index (χ1n) is 11.2. The zero-order valence-electron chi connectivity index (χ0n) is 19.8. The van der Waals surface area contributed by atoms with E-state index >= 15 is 0 Å². The number of carbonyl (C=O) groups excluding carboxylic acids is 3. The molecule has 0 radical (unpaired) electrons. The summed E-state index contributed by atoms with van der Waals surface area (Å²) in [5.41, 5.74) is 2.35. The number of rotatable bonds is 8. The highest BCUT2D eigenvalue weighted by Crippen LogP contribution is 2.30. The van der Waals surface area contributed by atoms with Crippen molar-refractivity contribution in [1.29, 1.82) is 0 Å². The monoisotopic (exact) mass is 580 g/mol. The van der Waals surface area contributed by atoms with Crippen LogP contribution in [0.2, 0.25) is 5.02 Å². The molecule has 0 atom stereocenters. The Morgan fingerprint density at radius 3 is 2.41 bits per heavy atom. The fraction of sp³-hybridized carbons (Fsp3) is 0.107. The van der Waals surface area contributed by atoms with Crippen LogP contribution in [0.4, 0.5) is 10.5 Å². The lowest BCUT2D eigenvalue weighted by Gasteiger charge is -2.26. The molecule has 1 aliphatic heterocycles. The average molecular weight is 582 g/mol. The van der Waals surface area contributed by atoms with Crippen molar-refractivity contribution in [2.24, 2.45) is 0 Å². The van der Waals surface area contributed by atoms with E-state index in [0.29, 0.717) is 34.2 Å². The molecule has 1 saturated heterocycles. The molecule has 0 saturated carbocycles. The molecule has 0 spiro atoms. The minimum Gasteiger partial charge on any atom is -0.496 e. The smallest absolute Gasteiger partial charge is 0.335 e. The molecule has 0 aliphatic carbocycles. The third-order valence-electron chi connectivity index (χ3n) is 5.60. The molecule has 4 rings (SSSR count).